The lowest BCUT2D eigenvalue weighted by atomic mass is 10.1. The molecule has 3 rings (SSSR count). The van der Waals surface area contributed by atoms with Gasteiger partial charge in [0.05, 0.1) is 0 Å². The molecule has 1 saturated heterocycles. The highest BCUT2D eigenvalue weighted by atomic mass is 127. The number of rotatable bonds is 6. The number of hydrogen-bond acceptors (Lipinski definition) is 3. The maximum absolute atomic E-state index is 12.2. The SMILES string of the molecule is CCNC(=NCC(=O)Nc1ccccc1)N1CCC(Oc2ccccc2)CC1.I. The first kappa shape index (κ1) is 23.0. The highest BCUT2D eigenvalue weighted by molar-refractivity contribution is 14.0. The second kappa shape index (κ2) is 12.3. The fourth-order valence-electron chi connectivity index (χ4n) is 3.17. The molecule has 29 heavy (non-hydrogen) atoms. The average Bonchev–Trinajstić information content (AvgIpc) is 2.73. The van der Waals surface area contributed by atoms with Gasteiger partial charge in [0.2, 0.25) is 5.91 Å². The molecular formula is C22H29IN4O2. The summed E-state index contributed by atoms with van der Waals surface area (Å²) in [6.45, 7) is 4.59. The van der Waals surface area contributed by atoms with E-state index < -0.39 is 0 Å². The Morgan fingerprint density at radius 1 is 1.07 bits per heavy atom. The van der Waals surface area contributed by atoms with Crippen molar-refractivity contribution >= 4 is 41.5 Å². The monoisotopic (exact) mass is 508 g/mol. The van der Waals surface area contributed by atoms with Crippen molar-refractivity contribution < 1.29 is 9.53 Å². The minimum absolute atomic E-state index is 0. The van der Waals surface area contributed by atoms with E-state index in [-0.39, 0.29) is 42.5 Å². The maximum atomic E-state index is 12.2. The number of benzene rings is 2. The largest absolute Gasteiger partial charge is 0.490 e. The van der Waals surface area contributed by atoms with Gasteiger partial charge in [-0.25, -0.2) is 4.99 Å². The van der Waals surface area contributed by atoms with Crippen molar-refractivity contribution in [2.45, 2.75) is 25.9 Å². The lowest BCUT2D eigenvalue weighted by Gasteiger charge is -2.34. The summed E-state index contributed by atoms with van der Waals surface area (Å²) in [6.07, 6.45) is 2.06. The van der Waals surface area contributed by atoms with Crippen LogP contribution in [0.5, 0.6) is 5.75 Å². The summed E-state index contributed by atoms with van der Waals surface area (Å²) in [6, 6.07) is 19.4. The molecule has 0 unspecified atom stereocenters. The number of carbonyl (C=O) groups is 1. The van der Waals surface area contributed by atoms with Crippen molar-refractivity contribution in [1.29, 1.82) is 0 Å². The van der Waals surface area contributed by atoms with Crippen LogP contribution >= 0.6 is 24.0 Å². The fraction of sp³-hybridized carbons (Fsp3) is 0.364. The number of nitrogens with zero attached hydrogens (tertiary/aromatic N) is 2. The normalized spacial score (nSPS) is 14.7. The van der Waals surface area contributed by atoms with E-state index >= 15 is 0 Å². The molecule has 156 valence electrons. The molecule has 0 bridgehead atoms. The van der Waals surface area contributed by atoms with Crippen molar-refractivity contribution in [3.8, 4) is 5.75 Å². The summed E-state index contributed by atoms with van der Waals surface area (Å²) in [7, 11) is 0. The number of likely N-dealkylation sites (tertiary alicyclic amines) is 1. The van der Waals surface area contributed by atoms with E-state index in [2.05, 4.69) is 20.5 Å². The first-order valence-corrected chi connectivity index (χ1v) is 9.84. The number of aliphatic imine (C=N–C) groups is 1. The molecule has 0 aromatic heterocycles. The van der Waals surface area contributed by atoms with Crippen molar-refractivity contribution in [3.05, 3.63) is 60.7 Å². The Balaban J connectivity index is 0.00000300. The van der Waals surface area contributed by atoms with E-state index in [4.69, 9.17) is 4.74 Å². The van der Waals surface area contributed by atoms with Crippen LogP contribution in [0.15, 0.2) is 65.7 Å². The van der Waals surface area contributed by atoms with E-state index in [1.54, 1.807) is 0 Å². The number of piperidine rings is 1. The van der Waals surface area contributed by atoms with E-state index in [9.17, 15) is 4.79 Å². The molecule has 0 radical (unpaired) electrons. The minimum atomic E-state index is -0.121. The van der Waals surface area contributed by atoms with Crippen molar-refractivity contribution in [2.24, 2.45) is 4.99 Å². The summed E-state index contributed by atoms with van der Waals surface area (Å²) >= 11 is 0. The van der Waals surface area contributed by atoms with Crippen LogP contribution in [-0.4, -0.2) is 49.0 Å². The molecule has 0 spiro atoms. The molecule has 2 aromatic carbocycles. The first-order valence-electron chi connectivity index (χ1n) is 9.84. The third-order valence-electron chi connectivity index (χ3n) is 4.55. The van der Waals surface area contributed by atoms with Crippen LogP contribution in [0.3, 0.4) is 0 Å². The zero-order valence-corrected chi connectivity index (χ0v) is 19.0. The van der Waals surface area contributed by atoms with Gasteiger partial charge in [0.15, 0.2) is 5.96 Å². The molecule has 7 heteroatoms. The third kappa shape index (κ3) is 7.56. The molecule has 1 aliphatic heterocycles. The van der Waals surface area contributed by atoms with Crippen LogP contribution in [0, 0.1) is 0 Å². The fourth-order valence-corrected chi connectivity index (χ4v) is 3.17. The molecule has 1 heterocycles. The molecule has 0 aliphatic carbocycles. The lowest BCUT2D eigenvalue weighted by Crippen LogP contribution is -2.47. The summed E-state index contributed by atoms with van der Waals surface area (Å²) in [5.74, 6) is 1.58. The zero-order valence-electron chi connectivity index (χ0n) is 16.7. The van der Waals surface area contributed by atoms with Crippen LogP contribution in [0.2, 0.25) is 0 Å². The van der Waals surface area contributed by atoms with Gasteiger partial charge in [0.1, 0.15) is 18.4 Å². The van der Waals surface area contributed by atoms with E-state index in [1.165, 1.54) is 0 Å². The summed E-state index contributed by atoms with van der Waals surface area (Å²) in [5, 5.41) is 6.16. The van der Waals surface area contributed by atoms with Crippen molar-refractivity contribution in [2.75, 3.05) is 31.5 Å². The number of para-hydroxylation sites is 2. The number of carbonyl (C=O) groups excluding carboxylic acids is 1. The van der Waals surface area contributed by atoms with Gasteiger partial charge in [-0.1, -0.05) is 36.4 Å². The van der Waals surface area contributed by atoms with Gasteiger partial charge in [-0.2, -0.15) is 0 Å². The Labute approximate surface area is 189 Å². The van der Waals surface area contributed by atoms with Crippen LogP contribution in [0.25, 0.3) is 0 Å². The van der Waals surface area contributed by atoms with Crippen LogP contribution in [0.1, 0.15) is 19.8 Å². The third-order valence-corrected chi connectivity index (χ3v) is 4.55. The maximum Gasteiger partial charge on any atom is 0.246 e. The van der Waals surface area contributed by atoms with Gasteiger partial charge in [-0.05, 0) is 31.2 Å². The number of hydrogen-bond donors (Lipinski definition) is 2. The number of anilines is 1. The van der Waals surface area contributed by atoms with Gasteiger partial charge >= 0.3 is 0 Å². The molecule has 6 nitrogen and oxygen atoms in total. The Bertz CT molecular complexity index is 763. The Kier molecular flexibility index (Phi) is 9.76. The predicted molar refractivity (Wildman–Crippen MR) is 128 cm³/mol. The first-order chi connectivity index (χ1) is 13.7. The average molecular weight is 508 g/mol. The van der Waals surface area contributed by atoms with Crippen molar-refractivity contribution in [3.63, 3.8) is 0 Å². The van der Waals surface area contributed by atoms with E-state index in [0.29, 0.717) is 0 Å². The standard InChI is InChI=1S/C22H28N4O2.HI/c1-2-23-22(24-17-21(27)25-18-9-5-3-6-10-18)26-15-13-20(14-16-26)28-19-11-7-4-8-12-19;/h3-12,20H,2,13-17H2,1H3,(H,23,24)(H,25,27);1H. The number of ether oxygens (including phenoxy) is 1. The lowest BCUT2D eigenvalue weighted by molar-refractivity contribution is -0.114. The van der Waals surface area contributed by atoms with Gasteiger partial charge < -0.3 is 20.3 Å². The zero-order chi connectivity index (χ0) is 19.6. The predicted octanol–water partition coefficient (Wildman–Crippen LogP) is 3.75. The molecule has 1 aliphatic rings. The topological polar surface area (TPSA) is 66.0 Å². The van der Waals surface area contributed by atoms with Gasteiger partial charge in [0, 0.05) is 38.2 Å². The van der Waals surface area contributed by atoms with E-state index in [0.717, 1.165) is 49.9 Å². The van der Waals surface area contributed by atoms with E-state index in [1.807, 2.05) is 67.6 Å². The highest BCUT2D eigenvalue weighted by Crippen LogP contribution is 2.18. The summed E-state index contributed by atoms with van der Waals surface area (Å²) in [5.41, 5.74) is 0.784. The molecule has 2 N–H and O–H groups in total. The Hall–Kier alpha value is -2.29. The van der Waals surface area contributed by atoms with Crippen molar-refractivity contribution in [1.82, 2.24) is 10.2 Å². The smallest absolute Gasteiger partial charge is 0.246 e. The molecule has 1 amide bonds. The second-order valence-corrected chi connectivity index (χ2v) is 6.70. The minimum Gasteiger partial charge on any atom is -0.490 e. The molecule has 2 aromatic rings. The number of nitrogens with one attached hydrogen (secondary N) is 2. The van der Waals surface area contributed by atoms with Gasteiger partial charge in [-0.3, -0.25) is 4.79 Å². The van der Waals surface area contributed by atoms with Crippen LogP contribution < -0.4 is 15.4 Å². The van der Waals surface area contributed by atoms with Gasteiger partial charge in [-0.15, -0.1) is 24.0 Å². The Morgan fingerprint density at radius 2 is 1.69 bits per heavy atom. The highest BCUT2D eigenvalue weighted by Gasteiger charge is 2.22. The van der Waals surface area contributed by atoms with Crippen LogP contribution in [0.4, 0.5) is 5.69 Å². The summed E-state index contributed by atoms with van der Waals surface area (Å²) in [4.78, 5) is 18.9. The van der Waals surface area contributed by atoms with Gasteiger partial charge in [0.25, 0.3) is 0 Å². The summed E-state index contributed by atoms with van der Waals surface area (Å²) < 4.78 is 6.06. The van der Waals surface area contributed by atoms with Crippen LogP contribution in [-0.2, 0) is 4.79 Å². The molecule has 1 fully saturated rings. The number of guanidine groups is 1. The quantitative estimate of drug-likeness (QED) is 0.355. The Morgan fingerprint density at radius 3 is 2.31 bits per heavy atom. The number of amides is 1. The molecule has 0 saturated carbocycles. The second-order valence-electron chi connectivity index (χ2n) is 6.70. The molecule has 0 atom stereocenters. The molecular weight excluding hydrogens is 479 g/mol. The number of halogens is 1.